The van der Waals surface area contributed by atoms with Crippen molar-refractivity contribution in [1.29, 1.82) is 0 Å². The van der Waals surface area contributed by atoms with Gasteiger partial charge in [-0.1, -0.05) is 31.2 Å². The number of methoxy groups -OCH3 is 1. The molecule has 0 bridgehead atoms. The van der Waals surface area contributed by atoms with E-state index in [1.165, 1.54) is 0 Å². The molecule has 0 spiro atoms. The Balaban J connectivity index is 1.81. The number of rotatable bonds is 5. The van der Waals surface area contributed by atoms with Gasteiger partial charge in [-0.3, -0.25) is 9.36 Å². The largest absolute Gasteiger partial charge is 0.497 e. The first-order chi connectivity index (χ1) is 14.7. The summed E-state index contributed by atoms with van der Waals surface area (Å²) in [4.78, 5) is 27.5. The van der Waals surface area contributed by atoms with Gasteiger partial charge in [0.25, 0.3) is 5.56 Å². The summed E-state index contributed by atoms with van der Waals surface area (Å²) in [6, 6.07) is 15.6. The van der Waals surface area contributed by atoms with Gasteiger partial charge in [0, 0.05) is 6.54 Å². The molecular formula is C23H21N5O2. The van der Waals surface area contributed by atoms with Crippen LogP contribution in [0.3, 0.4) is 0 Å². The summed E-state index contributed by atoms with van der Waals surface area (Å²) in [5, 5.41) is 0.521. The summed E-state index contributed by atoms with van der Waals surface area (Å²) in [6.07, 6.45) is 2.48. The standard InChI is InChI=1S/C23H21N5O2/c1-3-12-27-14-24-21-19(23(27)29)20-22(26-18-7-5-4-6-17(18)25-20)28(21)13-15-8-10-16(30-2)11-9-15/h4-11,14H,3,12-13H2,1-2H3. The zero-order chi connectivity index (χ0) is 20.7. The molecule has 5 aromatic rings. The van der Waals surface area contributed by atoms with Crippen LogP contribution in [0.25, 0.3) is 33.2 Å². The molecule has 3 heterocycles. The number of nitrogens with zero attached hydrogens (tertiary/aromatic N) is 5. The fourth-order valence-electron chi connectivity index (χ4n) is 3.80. The molecule has 0 fully saturated rings. The molecule has 0 unspecified atom stereocenters. The lowest BCUT2D eigenvalue weighted by atomic mass is 10.2. The molecule has 0 radical (unpaired) electrons. The lowest BCUT2D eigenvalue weighted by Gasteiger charge is -2.08. The smallest absolute Gasteiger partial charge is 0.265 e. The fraction of sp³-hybridized carbons (Fsp3) is 0.217. The first-order valence-electron chi connectivity index (χ1n) is 9.96. The summed E-state index contributed by atoms with van der Waals surface area (Å²) < 4.78 is 8.88. The third-order valence-electron chi connectivity index (χ3n) is 5.28. The van der Waals surface area contributed by atoms with Crippen molar-refractivity contribution in [2.75, 3.05) is 7.11 Å². The number of fused-ring (bicyclic) bond motifs is 4. The summed E-state index contributed by atoms with van der Waals surface area (Å²) in [5.74, 6) is 0.798. The minimum Gasteiger partial charge on any atom is -0.497 e. The first kappa shape index (κ1) is 18.3. The number of hydrogen-bond acceptors (Lipinski definition) is 5. The molecule has 3 aromatic heterocycles. The van der Waals surface area contributed by atoms with Crippen LogP contribution in [0, 0.1) is 0 Å². The lowest BCUT2D eigenvalue weighted by Crippen LogP contribution is -2.20. The van der Waals surface area contributed by atoms with E-state index in [2.05, 4.69) is 4.98 Å². The highest BCUT2D eigenvalue weighted by molar-refractivity contribution is 6.04. The third kappa shape index (κ3) is 2.90. The summed E-state index contributed by atoms with van der Waals surface area (Å²) in [7, 11) is 1.65. The van der Waals surface area contributed by atoms with Gasteiger partial charge in [0.2, 0.25) is 0 Å². The van der Waals surface area contributed by atoms with Crippen molar-refractivity contribution in [2.24, 2.45) is 0 Å². The van der Waals surface area contributed by atoms with Crippen molar-refractivity contribution >= 4 is 33.2 Å². The second kappa shape index (κ2) is 7.26. The lowest BCUT2D eigenvalue weighted by molar-refractivity contribution is 0.414. The highest BCUT2D eigenvalue weighted by Gasteiger charge is 2.19. The Morgan fingerprint density at radius 3 is 2.40 bits per heavy atom. The summed E-state index contributed by atoms with van der Waals surface area (Å²) in [5.41, 5.74) is 4.40. The van der Waals surface area contributed by atoms with Crippen molar-refractivity contribution in [2.45, 2.75) is 26.4 Å². The van der Waals surface area contributed by atoms with Crippen LogP contribution in [0.2, 0.25) is 0 Å². The van der Waals surface area contributed by atoms with E-state index in [0.717, 1.165) is 28.8 Å². The predicted molar refractivity (Wildman–Crippen MR) is 117 cm³/mol. The average molecular weight is 399 g/mol. The molecule has 0 atom stereocenters. The number of benzene rings is 2. The zero-order valence-electron chi connectivity index (χ0n) is 16.9. The fourth-order valence-corrected chi connectivity index (χ4v) is 3.80. The molecular weight excluding hydrogens is 378 g/mol. The first-order valence-corrected chi connectivity index (χ1v) is 9.96. The molecule has 150 valence electrons. The quantitative estimate of drug-likeness (QED) is 0.450. The molecule has 0 N–H and O–H groups in total. The van der Waals surface area contributed by atoms with E-state index in [9.17, 15) is 4.79 Å². The normalized spacial score (nSPS) is 11.5. The number of aryl methyl sites for hydroxylation is 1. The molecule has 0 amide bonds. The van der Waals surface area contributed by atoms with E-state index in [4.69, 9.17) is 14.7 Å². The second-order valence-corrected chi connectivity index (χ2v) is 7.26. The summed E-state index contributed by atoms with van der Waals surface area (Å²) >= 11 is 0. The van der Waals surface area contributed by atoms with Gasteiger partial charge in [0.1, 0.15) is 16.7 Å². The molecule has 0 saturated heterocycles. The third-order valence-corrected chi connectivity index (χ3v) is 5.28. The highest BCUT2D eigenvalue weighted by Crippen LogP contribution is 2.26. The van der Waals surface area contributed by atoms with Crippen LogP contribution in [0.4, 0.5) is 0 Å². The maximum Gasteiger partial charge on any atom is 0.265 e. The van der Waals surface area contributed by atoms with Crippen molar-refractivity contribution < 1.29 is 4.74 Å². The monoisotopic (exact) mass is 399 g/mol. The van der Waals surface area contributed by atoms with Crippen LogP contribution in [0.5, 0.6) is 5.75 Å². The van der Waals surface area contributed by atoms with E-state index in [-0.39, 0.29) is 5.56 Å². The van der Waals surface area contributed by atoms with E-state index in [1.54, 1.807) is 18.0 Å². The number of ether oxygens (including phenoxy) is 1. The van der Waals surface area contributed by atoms with Crippen LogP contribution >= 0.6 is 0 Å². The minimum atomic E-state index is -0.0788. The number of hydrogen-bond donors (Lipinski definition) is 0. The number of para-hydroxylation sites is 2. The van der Waals surface area contributed by atoms with Crippen molar-refractivity contribution in [1.82, 2.24) is 24.1 Å². The van der Waals surface area contributed by atoms with Crippen LogP contribution < -0.4 is 10.3 Å². The Kier molecular flexibility index (Phi) is 4.43. The van der Waals surface area contributed by atoms with Crippen LogP contribution in [-0.4, -0.2) is 31.2 Å². The molecule has 30 heavy (non-hydrogen) atoms. The SMILES string of the molecule is CCCn1cnc2c(c1=O)c1nc3ccccc3nc1n2Cc1ccc(OC)cc1. The minimum absolute atomic E-state index is 0.0788. The number of aromatic nitrogens is 5. The van der Waals surface area contributed by atoms with Gasteiger partial charge in [-0.2, -0.15) is 0 Å². The zero-order valence-corrected chi connectivity index (χ0v) is 16.9. The Morgan fingerprint density at radius 1 is 0.967 bits per heavy atom. The Labute approximate surface area is 172 Å². The molecule has 0 saturated carbocycles. The van der Waals surface area contributed by atoms with Gasteiger partial charge in [-0.25, -0.2) is 15.0 Å². The van der Waals surface area contributed by atoms with E-state index in [1.807, 2.05) is 60.0 Å². The Bertz CT molecular complexity index is 1430. The van der Waals surface area contributed by atoms with E-state index < -0.39 is 0 Å². The molecule has 0 aliphatic carbocycles. The predicted octanol–water partition coefficient (Wildman–Crippen LogP) is 3.76. The van der Waals surface area contributed by atoms with Crippen molar-refractivity contribution in [3.8, 4) is 5.75 Å². The van der Waals surface area contributed by atoms with Crippen LogP contribution in [-0.2, 0) is 13.1 Å². The topological polar surface area (TPSA) is 74.8 Å². The molecule has 5 rings (SSSR count). The molecule has 7 nitrogen and oxygen atoms in total. The van der Waals surface area contributed by atoms with Gasteiger partial charge in [-0.05, 0) is 36.2 Å². The Hall–Kier alpha value is -3.74. The van der Waals surface area contributed by atoms with E-state index in [0.29, 0.717) is 35.3 Å². The molecule has 2 aromatic carbocycles. The van der Waals surface area contributed by atoms with Gasteiger partial charge in [0.05, 0.1) is 31.0 Å². The van der Waals surface area contributed by atoms with Crippen molar-refractivity contribution in [3.63, 3.8) is 0 Å². The van der Waals surface area contributed by atoms with Crippen LogP contribution in [0.15, 0.2) is 59.7 Å². The Morgan fingerprint density at radius 2 is 1.70 bits per heavy atom. The molecule has 7 heteroatoms. The van der Waals surface area contributed by atoms with Gasteiger partial charge >= 0.3 is 0 Å². The maximum absolute atomic E-state index is 13.2. The highest BCUT2D eigenvalue weighted by atomic mass is 16.5. The van der Waals surface area contributed by atoms with Gasteiger partial charge in [-0.15, -0.1) is 0 Å². The average Bonchev–Trinajstić information content (AvgIpc) is 3.08. The van der Waals surface area contributed by atoms with E-state index >= 15 is 0 Å². The van der Waals surface area contributed by atoms with Gasteiger partial charge < -0.3 is 9.30 Å². The van der Waals surface area contributed by atoms with Gasteiger partial charge in [0.15, 0.2) is 11.3 Å². The van der Waals surface area contributed by atoms with Crippen LogP contribution in [0.1, 0.15) is 18.9 Å². The maximum atomic E-state index is 13.2. The molecule has 0 aliphatic heterocycles. The molecule has 0 aliphatic rings. The van der Waals surface area contributed by atoms with Crippen molar-refractivity contribution in [3.05, 3.63) is 70.8 Å². The second-order valence-electron chi connectivity index (χ2n) is 7.26. The summed E-state index contributed by atoms with van der Waals surface area (Å²) in [6.45, 7) is 3.19.